The smallest absolute Gasteiger partial charge is 0.338 e. The van der Waals surface area contributed by atoms with Crippen LogP contribution in [0.3, 0.4) is 0 Å². The summed E-state index contributed by atoms with van der Waals surface area (Å²) in [6, 6.07) is 8.22. The van der Waals surface area contributed by atoms with Gasteiger partial charge in [-0.3, -0.25) is 24.0 Å². The van der Waals surface area contributed by atoms with Crippen molar-refractivity contribution in [3.8, 4) is 0 Å². The van der Waals surface area contributed by atoms with Crippen molar-refractivity contribution in [3.05, 3.63) is 60.2 Å². The number of hydrogen-bond donors (Lipinski definition) is 0. The highest BCUT2D eigenvalue weighted by Crippen LogP contribution is 2.50. The summed E-state index contributed by atoms with van der Waals surface area (Å²) in [5.74, 6) is -6.55. The van der Waals surface area contributed by atoms with Crippen molar-refractivity contribution in [2.24, 2.45) is 23.2 Å². The SMILES string of the molecule is C=C1C[C@@H](OC(C)=O)C(=O)C(C)(C)C=C[C@@H](C)C(=O)[C@@]2(OC(C)=O)C[C@@H](C)[C@H](OC(=O)c3ccccc3)[C@H]2[C@@H]1OC(C)=O. The Morgan fingerprint density at radius 1 is 0.860 bits per heavy atom. The predicted molar refractivity (Wildman–Crippen MR) is 154 cm³/mol. The van der Waals surface area contributed by atoms with Crippen LogP contribution in [-0.4, -0.2) is 59.4 Å². The van der Waals surface area contributed by atoms with Crippen molar-refractivity contribution in [2.45, 2.75) is 85.2 Å². The summed E-state index contributed by atoms with van der Waals surface area (Å²) in [6.45, 7) is 14.2. The maximum Gasteiger partial charge on any atom is 0.338 e. The van der Waals surface area contributed by atoms with E-state index in [4.69, 9.17) is 18.9 Å². The Balaban J connectivity index is 2.29. The first-order chi connectivity index (χ1) is 20.0. The molecule has 0 saturated heterocycles. The zero-order valence-corrected chi connectivity index (χ0v) is 25.7. The van der Waals surface area contributed by atoms with Crippen LogP contribution in [0.4, 0.5) is 0 Å². The third kappa shape index (κ3) is 7.29. The minimum atomic E-state index is -1.90. The monoisotopic (exact) mass is 596 g/mol. The zero-order valence-electron chi connectivity index (χ0n) is 25.7. The topological polar surface area (TPSA) is 139 Å². The fraction of sp³-hybridized carbons (Fsp3) is 0.515. The molecule has 0 aromatic heterocycles. The van der Waals surface area contributed by atoms with Crippen molar-refractivity contribution in [3.63, 3.8) is 0 Å². The Kier molecular flexibility index (Phi) is 10.1. The number of fused-ring (bicyclic) bond motifs is 1. The van der Waals surface area contributed by atoms with Crippen LogP contribution in [0.2, 0.25) is 0 Å². The molecule has 3 rings (SSSR count). The molecule has 1 fully saturated rings. The van der Waals surface area contributed by atoms with Gasteiger partial charge in [0.1, 0.15) is 12.2 Å². The first-order valence-corrected chi connectivity index (χ1v) is 14.3. The summed E-state index contributed by atoms with van der Waals surface area (Å²) in [5, 5.41) is 0. The van der Waals surface area contributed by atoms with Gasteiger partial charge in [0, 0.05) is 44.9 Å². The number of rotatable bonds is 5. The van der Waals surface area contributed by atoms with Crippen molar-refractivity contribution in [1.82, 2.24) is 0 Å². The van der Waals surface area contributed by atoms with E-state index in [1.54, 1.807) is 70.2 Å². The number of carbonyl (C=O) groups is 6. The van der Waals surface area contributed by atoms with Gasteiger partial charge < -0.3 is 18.9 Å². The molecule has 0 unspecified atom stereocenters. The van der Waals surface area contributed by atoms with E-state index in [2.05, 4.69) is 6.58 Å². The normalized spacial score (nSPS) is 30.7. The molecule has 1 saturated carbocycles. The lowest BCUT2D eigenvalue weighted by atomic mass is 9.73. The van der Waals surface area contributed by atoms with Gasteiger partial charge in [-0.2, -0.15) is 0 Å². The van der Waals surface area contributed by atoms with Crippen LogP contribution in [-0.2, 0) is 42.9 Å². The molecule has 1 aromatic rings. The van der Waals surface area contributed by atoms with E-state index in [1.165, 1.54) is 6.92 Å². The number of ether oxygens (including phenoxy) is 4. The molecule has 2 aliphatic carbocycles. The molecule has 0 spiro atoms. The second kappa shape index (κ2) is 13.1. The summed E-state index contributed by atoms with van der Waals surface area (Å²) < 4.78 is 23.1. The number of hydrogen-bond acceptors (Lipinski definition) is 10. The molecule has 43 heavy (non-hydrogen) atoms. The number of benzene rings is 1. The van der Waals surface area contributed by atoms with E-state index in [1.807, 2.05) is 0 Å². The van der Waals surface area contributed by atoms with Gasteiger partial charge >= 0.3 is 23.9 Å². The molecule has 7 atom stereocenters. The molecular weight excluding hydrogens is 556 g/mol. The summed E-state index contributed by atoms with van der Waals surface area (Å²) >= 11 is 0. The Morgan fingerprint density at radius 3 is 2.02 bits per heavy atom. The Bertz CT molecular complexity index is 1330. The number of esters is 4. The second-order valence-electron chi connectivity index (χ2n) is 12.0. The molecule has 0 N–H and O–H groups in total. The predicted octanol–water partition coefficient (Wildman–Crippen LogP) is 4.35. The maximum absolute atomic E-state index is 14.4. The fourth-order valence-electron chi connectivity index (χ4n) is 6.09. The van der Waals surface area contributed by atoms with Crippen molar-refractivity contribution < 1.29 is 47.7 Å². The van der Waals surface area contributed by atoms with Gasteiger partial charge in [0.2, 0.25) is 0 Å². The first kappa shape index (κ1) is 33.4. The largest absolute Gasteiger partial charge is 0.458 e. The standard InChI is InChI=1S/C33H40O10/c1-18-14-15-32(7,8)30(38)25(40-21(4)34)16-19(2)27(41-22(5)35)26-28(42-31(39)24-12-10-9-11-13-24)20(3)17-33(26,29(18)37)43-23(6)36/h9-15,18,20,25-28H,2,16-17H2,1,3-8H3/t18-,20-,25-,26-,27-,28+,33-/m1/s1. The third-order valence-corrected chi connectivity index (χ3v) is 7.99. The summed E-state index contributed by atoms with van der Waals surface area (Å²) in [4.78, 5) is 78.5. The summed E-state index contributed by atoms with van der Waals surface area (Å²) in [5.41, 5.74) is -2.70. The van der Waals surface area contributed by atoms with Crippen LogP contribution in [0.25, 0.3) is 0 Å². The van der Waals surface area contributed by atoms with E-state index in [-0.39, 0.29) is 24.0 Å². The Morgan fingerprint density at radius 2 is 1.47 bits per heavy atom. The minimum Gasteiger partial charge on any atom is -0.458 e. The van der Waals surface area contributed by atoms with E-state index in [9.17, 15) is 28.8 Å². The van der Waals surface area contributed by atoms with Crippen molar-refractivity contribution in [2.75, 3.05) is 0 Å². The quantitative estimate of drug-likeness (QED) is 0.274. The highest BCUT2D eigenvalue weighted by atomic mass is 16.6. The lowest BCUT2D eigenvalue weighted by molar-refractivity contribution is -0.182. The summed E-state index contributed by atoms with van der Waals surface area (Å²) in [7, 11) is 0. The molecule has 0 radical (unpaired) electrons. The lowest BCUT2D eigenvalue weighted by Crippen LogP contribution is -2.56. The molecular formula is C33H40O10. The molecule has 10 nitrogen and oxygen atoms in total. The highest BCUT2D eigenvalue weighted by molar-refractivity contribution is 5.95. The van der Waals surface area contributed by atoms with Crippen molar-refractivity contribution >= 4 is 35.4 Å². The summed E-state index contributed by atoms with van der Waals surface area (Å²) in [6.07, 6.45) is -0.970. The van der Waals surface area contributed by atoms with E-state index in [0.29, 0.717) is 0 Å². The van der Waals surface area contributed by atoms with Gasteiger partial charge in [-0.05, 0) is 37.5 Å². The van der Waals surface area contributed by atoms with Crippen LogP contribution >= 0.6 is 0 Å². The average molecular weight is 597 g/mol. The van der Waals surface area contributed by atoms with Crippen molar-refractivity contribution in [1.29, 1.82) is 0 Å². The van der Waals surface area contributed by atoms with E-state index >= 15 is 0 Å². The Hall–Kier alpha value is -4.08. The van der Waals surface area contributed by atoms with Crippen LogP contribution < -0.4 is 0 Å². The van der Waals surface area contributed by atoms with Crippen LogP contribution in [0.15, 0.2) is 54.6 Å². The van der Waals surface area contributed by atoms with Gasteiger partial charge in [-0.25, -0.2) is 4.79 Å². The van der Waals surface area contributed by atoms with Gasteiger partial charge in [0.15, 0.2) is 23.3 Å². The third-order valence-electron chi connectivity index (χ3n) is 7.99. The van der Waals surface area contributed by atoms with E-state index < -0.39 is 82.5 Å². The zero-order chi connectivity index (χ0) is 32.3. The van der Waals surface area contributed by atoms with Crippen LogP contribution in [0, 0.1) is 23.2 Å². The Labute approximate surface area is 251 Å². The molecule has 232 valence electrons. The average Bonchev–Trinajstić information content (AvgIpc) is 3.18. The molecule has 0 heterocycles. The maximum atomic E-state index is 14.4. The van der Waals surface area contributed by atoms with Crippen LogP contribution in [0.1, 0.15) is 71.7 Å². The molecule has 0 bridgehead atoms. The molecule has 0 amide bonds. The molecule has 0 aliphatic heterocycles. The van der Waals surface area contributed by atoms with Crippen LogP contribution in [0.5, 0.6) is 0 Å². The number of carbonyl (C=O) groups excluding carboxylic acids is 6. The second-order valence-corrected chi connectivity index (χ2v) is 12.0. The first-order valence-electron chi connectivity index (χ1n) is 14.3. The lowest BCUT2D eigenvalue weighted by Gasteiger charge is -2.41. The molecule has 10 heteroatoms. The van der Waals surface area contributed by atoms with E-state index in [0.717, 1.165) is 13.8 Å². The number of Topliss-reactive ketones (excluding diaryl/α,β-unsaturated/α-hetero) is 2. The molecule has 1 aromatic carbocycles. The van der Waals surface area contributed by atoms with Gasteiger partial charge in [0.05, 0.1) is 11.5 Å². The number of allylic oxidation sites excluding steroid dienone is 2. The van der Waals surface area contributed by atoms with Gasteiger partial charge in [-0.15, -0.1) is 0 Å². The van der Waals surface area contributed by atoms with Gasteiger partial charge in [-0.1, -0.05) is 50.8 Å². The highest BCUT2D eigenvalue weighted by Gasteiger charge is 2.65. The molecule has 2 aliphatic rings. The van der Waals surface area contributed by atoms with Gasteiger partial charge in [0.25, 0.3) is 0 Å². The fourth-order valence-corrected chi connectivity index (χ4v) is 6.09. The number of ketones is 2. The minimum absolute atomic E-state index is 0.0399.